The Labute approximate surface area is 121 Å². The van der Waals surface area contributed by atoms with Crippen LogP contribution in [-0.4, -0.2) is 29.7 Å². The summed E-state index contributed by atoms with van der Waals surface area (Å²) < 4.78 is 5.45. The van der Waals surface area contributed by atoms with Gasteiger partial charge in [0, 0.05) is 25.2 Å². The maximum Gasteiger partial charge on any atom is 0.151 e. The van der Waals surface area contributed by atoms with Crippen LogP contribution in [0.25, 0.3) is 0 Å². The fraction of sp³-hybridized carbons (Fsp3) is 0.812. The van der Waals surface area contributed by atoms with Crippen molar-refractivity contribution in [2.45, 2.75) is 64.1 Å². The molecule has 0 aromatic carbocycles. The lowest BCUT2D eigenvalue weighted by Crippen LogP contribution is -2.26. The van der Waals surface area contributed by atoms with Gasteiger partial charge in [0.25, 0.3) is 0 Å². The summed E-state index contributed by atoms with van der Waals surface area (Å²) >= 11 is 0. The molecule has 2 aliphatic rings. The Morgan fingerprint density at radius 2 is 2.05 bits per heavy atom. The van der Waals surface area contributed by atoms with Crippen molar-refractivity contribution in [2.75, 3.05) is 13.6 Å². The van der Waals surface area contributed by atoms with Crippen LogP contribution in [0.3, 0.4) is 0 Å². The van der Waals surface area contributed by atoms with E-state index in [1.807, 2.05) is 0 Å². The maximum atomic E-state index is 5.45. The molecule has 0 bridgehead atoms. The standard InChI is InChI=1S/C16H27N3O/c1-19(11-13-5-3-2-4-6-13)12-16-9-15(18-20-16)10-17-14-7-8-14/h9,13-14,17H,2-8,10-12H2,1H3. The fourth-order valence-electron chi connectivity index (χ4n) is 3.19. The number of rotatable bonds is 7. The Hall–Kier alpha value is -0.870. The minimum Gasteiger partial charge on any atom is -0.360 e. The molecule has 2 saturated carbocycles. The van der Waals surface area contributed by atoms with Crippen LogP contribution < -0.4 is 5.32 Å². The third-order valence-corrected chi connectivity index (χ3v) is 4.48. The average Bonchev–Trinajstić information content (AvgIpc) is 3.18. The highest BCUT2D eigenvalue weighted by Gasteiger charge is 2.21. The smallest absolute Gasteiger partial charge is 0.151 e. The van der Waals surface area contributed by atoms with Gasteiger partial charge in [-0.3, -0.25) is 4.90 Å². The summed E-state index contributed by atoms with van der Waals surface area (Å²) in [6.45, 7) is 2.92. The van der Waals surface area contributed by atoms with Gasteiger partial charge in [-0.15, -0.1) is 0 Å². The molecule has 2 fully saturated rings. The Morgan fingerprint density at radius 1 is 1.25 bits per heavy atom. The zero-order valence-electron chi connectivity index (χ0n) is 12.6. The van der Waals surface area contributed by atoms with Gasteiger partial charge in [0.05, 0.1) is 12.2 Å². The molecule has 0 radical (unpaired) electrons. The molecule has 0 saturated heterocycles. The van der Waals surface area contributed by atoms with Crippen LogP contribution in [0.1, 0.15) is 56.4 Å². The lowest BCUT2D eigenvalue weighted by atomic mass is 9.89. The fourth-order valence-corrected chi connectivity index (χ4v) is 3.19. The van der Waals surface area contributed by atoms with Gasteiger partial charge in [0.2, 0.25) is 0 Å². The molecule has 20 heavy (non-hydrogen) atoms. The third-order valence-electron chi connectivity index (χ3n) is 4.48. The van der Waals surface area contributed by atoms with E-state index in [0.29, 0.717) is 0 Å². The Morgan fingerprint density at radius 3 is 2.80 bits per heavy atom. The summed E-state index contributed by atoms with van der Waals surface area (Å²) in [4.78, 5) is 2.38. The molecule has 1 aromatic heterocycles. The van der Waals surface area contributed by atoms with Crippen LogP contribution in [0.2, 0.25) is 0 Å². The van der Waals surface area contributed by atoms with Gasteiger partial charge >= 0.3 is 0 Å². The number of hydrogen-bond donors (Lipinski definition) is 1. The monoisotopic (exact) mass is 277 g/mol. The van der Waals surface area contributed by atoms with Crippen LogP contribution in [0.15, 0.2) is 10.6 Å². The van der Waals surface area contributed by atoms with Gasteiger partial charge in [-0.25, -0.2) is 0 Å². The Balaban J connectivity index is 1.41. The zero-order valence-corrected chi connectivity index (χ0v) is 12.6. The average molecular weight is 277 g/mol. The summed E-state index contributed by atoms with van der Waals surface area (Å²) in [5, 5.41) is 7.62. The van der Waals surface area contributed by atoms with Crippen molar-refractivity contribution in [1.82, 2.24) is 15.4 Å². The van der Waals surface area contributed by atoms with Crippen molar-refractivity contribution >= 4 is 0 Å². The topological polar surface area (TPSA) is 41.3 Å². The molecule has 0 amide bonds. The second kappa shape index (κ2) is 6.72. The molecule has 1 heterocycles. The van der Waals surface area contributed by atoms with E-state index in [0.717, 1.165) is 36.5 Å². The van der Waals surface area contributed by atoms with Crippen LogP contribution in [0.4, 0.5) is 0 Å². The third kappa shape index (κ3) is 4.32. The number of nitrogens with zero attached hydrogens (tertiary/aromatic N) is 2. The van der Waals surface area contributed by atoms with E-state index in [9.17, 15) is 0 Å². The molecule has 1 aromatic rings. The van der Waals surface area contributed by atoms with Gasteiger partial charge in [0.1, 0.15) is 0 Å². The first-order chi connectivity index (χ1) is 9.79. The SMILES string of the molecule is CN(Cc1cc(CNC2CC2)no1)CC1CCCCC1. The molecule has 4 heteroatoms. The van der Waals surface area contributed by atoms with E-state index in [1.165, 1.54) is 51.5 Å². The van der Waals surface area contributed by atoms with Crippen molar-refractivity contribution in [3.05, 3.63) is 17.5 Å². The van der Waals surface area contributed by atoms with Crippen molar-refractivity contribution in [1.29, 1.82) is 0 Å². The molecular weight excluding hydrogens is 250 g/mol. The zero-order chi connectivity index (χ0) is 13.8. The number of hydrogen-bond acceptors (Lipinski definition) is 4. The first kappa shape index (κ1) is 14.1. The molecule has 4 nitrogen and oxygen atoms in total. The van der Waals surface area contributed by atoms with Crippen LogP contribution in [-0.2, 0) is 13.1 Å². The summed E-state index contributed by atoms with van der Waals surface area (Å²) in [5.41, 5.74) is 1.04. The first-order valence-electron chi connectivity index (χ1n) is 8.16. The lowest BCUT2D eigenvalue weighted by Gasteiger charge is -2.26. The van der Waals surface area contributed by atoms with Gasteiger partial charge < -0.3 is 9.84 Å². The van der Waals surface area contributed by atoms with Crippen LogP contribution in [0, 0.1) is 5.92 Å². The quantitative estimate of drug-likeness (QED) is 0.832. The molecule has 112 valence electrons. The van der Waals surface area contributed by atoms with Crippen molar-refractivity contribution < 1.29 is 4.52 Å². The van der Waals surface area contributed by atoms with Gasteiger partial charge in [0.15, 0.2) is 5.76 Å². The summed E-state index contributed by atoms with van der Waals surface area (Å²) in [6, 6.07) is 2.83. The largest absolute Gasteiger partial charge is 0.360 e. The van der Waals surface area contributed by atoms with Crippen LogP contribution in [0.5, 0.6) is 0 Å². The molecule has 1 N–H and O–H groups in total. The van der Waals surface area contributed by atoms with E-state index < -0.39 is 0 Å². The maximum absolute atomic E-state index is 5.45. The van der Waals surface area contributed by atoms with E-state index in [2.05, 4.69) is 28.5 Å². The van der Waals surface area contributed by atoms with E-state index in [4.69, 9.17) is 4.52 Å². The molecule has 0 spiro atoms. The molecule has 3 rings (SSSR count). The molecule has 0 unspecified atom stereocenters. The van der Waals surface area contributed by atoms with Crippen molar-refractivity contribution in [2.24, 2.45) is 5.92 Å². The number of nitrogens with one attached hydrogen (secondary N) is 1. The summed E-state index contributed by atoms with van der Waals surface area (Å²) in [7, 11) is 2.19. The second-order valence-electron chi connectivity index (χ2n) is 6.64. The lowest BCUT2D eigenvalue weighted by molar-refractivity contribution is 0.208. The highest BCUT2D eigenvalue weighted by atomic mass is 16.5. The molecule has 2 aliphatic carbocycles. The van der Waals surface area contributed by atoms with E-state index in [-0.39, 0.29) is 0 Å². The van der Waals surface area contributed by atoms with E-state index in [1.54, 1.807) is 0 Å². The Bertz CT molecular complexity index is 408. The first-order valence-corrected chi connectivity index (χ1v) is 8.16. The van der Waals surface area contributed by atoms with Gasteiger partial charge in [-0.2, -0.15) is 0 Å². The van der Waals surface area contributed by atoms with Crippen molar-refractivity contribution in [3.63, 3.8) is 0 Å². The minimum absolute atomic E-state index is 0.726. The van der Waals surface area contributed by atoms with Crippen molar-refractivity contribution in [3.8, 4) is 0 Å². The predicted molar refractivity (Wildman–Crippen MR) is 79.3 cm³/mol. The van der Waals surface area contributed by atoms with Gasteiger partial charge in [-0.05, 0) is 38.6 Å². The van der Waals surface area contributed by atoms with E-state index >= 15 is 0 Å². The molecule has 0 aliphatic heterocycles. The summed E-state index contributed by atoms with van der Waals surface area (Å²) in [5.74, 6) is 1.88. The van der Waals surface area contributed by atoms with Gasteiger partial charge in [-0.1, -0.05) is 24.4 Å². The van der Waals surface area contributed by atoms with Crippen LogP contribution >= 0.6 is 0 Å². The summed E-state index contributed by atoms with van der Waals surface area (Å²) in [6.07, 6.45) is 9.69. The minimum atomic E-state index is 0.726. The Kier molecular flexibility index (Phi) is 4.73. The normalized spacial score (nSPS) is 20.7. The number of aromatic nitrogens is 1. The highest BCUT2D eigenvalue weighted by Crippen LogP contribution is 2.24. The molecular formula is C16H27N3O. The highest BCUT2D eigenvalue weighted by molar-refractivity contribution is 5.05. The second-order valence-corrected chi connectivity index (χ2v) is 6.64. The molecule has 0 atom stereocenters. The predicted octanol–water partition coefficient (Wildman–Crippen LogP) is 2.94.